The van der Waals surface area contributed by atoms with E-state index in [-0.39, 0.29) is 11.9 Å². The molecule has 0 bridgehead atoms. The average Bonchev–Trinajstić information content (AvgIpc) is 2.71. The largest absolute Gasteiger partial charge is 0.496 e. The number of benzene rings is 2. The maximum atomic E-state index is 12.4. The maximum Gasteiger partial charge on any atom is 0.244 e. The molecule has 0 saturated heterocycles. The molecule has 2 aromatic rings. The molecule has 0 aliphatic rings. The van der Waals surface area contributed by atoms with Crippen molar-refractivity contribution >= 4 is 12.0 Å². The maximum absolute atomic E-state index is 12.4. The summed E-state index contributed by atoms with van der Waals surface area (Å²) in [6.45, 7) is 3.92. The number of carbonyl (C=O) groups excluding carboxylic acids is 1. The van der Waals surface area contributed by atoms with Gasteiger partial charge in [-0.25, -0.2) is 0 Å². The van der Waals surface area contributed by atoms with Crippen LogP contribution in [0.4, 0.5) is 0 Å². The lowest BCUT2D eigenvalue weighted by Crippen LogP contribution is -2.25. The van der Waals surface area contributed by atoms with Crippen LogP contribution in [0.1, 0.15) is 29.7 Å². The van der Waals surface area contributed by atoms with Gasteiger partial charge in [-0.15, -0.1) is 0 Å². The van der Waals surface area contributed by atoms with Gasteiger partial charge in [-0.05, 0) is 32.1 Å². The molecule has 0 saturated carbocycles. The predicted octanol–water partition coefficient (Wildman–Crippen LogP) is 3.92. The highest BCUT2D eigenvalue weighted by atomic mass is 16.5. The zero-order valence-corrected chi connectivity index (χ0v) is 17.2. The molecule has 2 aromatic carbocycles. The van der Waals surface area contributed by atoms with Crippen molar-refractivity contribution < 1.29 is 23.7 Å². The minimum absolute atomic E-state index is 0.209. The van der Waals surface area contributed by atoms with Gasteiger partial charge in [-0.1, -0.05) is 17.7 Å². The number of hydrogen-bond acceptors (Lipinski definition) is 5. The summed E-state index contributed by atoms with van der Waals surface area (Å²) in [6, 6.07) is 9.15. The Hall–Kier alpha value is -3.15. The summed E-state index contributed by atoms with van der Waals surface area (Å²) in [5, 5.41) is 2.95. The zero-order valence-electron chi connectivity index (χ0n) is 17.2. The summed E-state index contributed by atoms with van der Waals surface area (Å²) in [5.41, 5.74) is 2.73. The van der Waals surface area contributed by atoms with Crippen molar-refractivity contribution in [2.24, 2.45) is 0 Å². The molecule has 0 radical (unpaired) electrons. The second-order valence-corrected chi connectivity index (χ2v) is 6.26. The molecule has 0 aliphatic carbocycles. The minimum Gasteiger partial charge on any atom is -0.496 e. The van der Waals surface area contributed by atoms with E-state index in [1.807, 2.05) is 32.0 Å². The van der Waals surface area contributed by atoms with Crippen LogP contribution in [0.5, 0.6) is 23.0 Å². The number of rotatable bonds is 8. The van der Waals surface area contributed by atoms with E-state index in [1.165, 1.54) is 6.08 Å². The van der Waals surface area contributed by atoms with Gasteiger partial charge in [0, 0.05) is 23.3 Å². The van der Waals surface area contributed by atoms with E-state index in [0.29, 0.717) is 22.8 Å². The SMILES string of the molecule is COc1cc(OC)c(OC)cc1/C=C/C(=O)N[C@H](C)c1cc(C)ccc1OC. The Morgan fingerprint density at radius 2 is 1.50 bits per heavy atom. The Morgan fingerprint density at radius 1 is 0.893 bits per heavy atom. The van der Waals surface area contributed by atoms with Crippen molar-refractivity contribution in [1.29, 1.82) is 0 Å². The molecule has 0 spiro atoms. The Balaban J connectivity index is 2.19. The lowest BCUT2D eigenvalue weighted by molar-refractivity contribution is -0.117. The van der Waals surface area contributed by atoms with Gasteiger partial charge in [0.05, 0.1) is 34.5 Å². The second kappa shape index (κ2) is 9.69. The topological polar surface area (TPSA) is 66.0 Å². The highest BCUT2D eigenvalue weighted by molar-refractivity contribution is 5.92. The summed E-state index contributed by atoms with van der Waals surface area (Å²) < 4.78 is 21.4. The van der Waals surface area contributed by atoms with E-state index in [4.69, 9.17) is 18.9 Å². The number of ether oxygens (including phenoxy) is 4. The lowest BCUT2D eigenvalue weighted by atomic mass is 10.0. The van der Waals surface area contributed by atoms with Crippen LogP contribution in [-0.4, -0.2) is 34.3 Å². The molecular formula is C22H27NO5. The van der Waals surface area contributed by atoms with Crippen LogP contribution in [0, 0.1) is 6.92 Å². The molecule has 0 heterocycles. The van der Waals surface area contributed by atoms with E-state index < -0.39 is 0 Å². The molecular weight excluding hydrogens is 358 g/mol. The Bertz CT molecular complexity index is 860. The normalized spacial score (nSPS) is 11.8. The number of carbonyl (C=O) groups is 1. The number of aryl methyl sites for hydroxylation is 1. The molecule has 2 rings (SSSR count). The van der Waals surface area contributed by atoms with Crippen LogP contribution in [0.3, 0.4) is 0 Å². The van der Waals surface area contributed by atoms with Gasteiger partial charge in [0.1, 0.15) is 11.5 Å². The molecule has 0 aliphatic heterocycles. The predicted molar refractivity (Wildman–Crippen MR) is 109 cm³/mol. The van der Waals surface area contributed by atoms with Crippen molar-refractivity contribution in [2.45, 2.75) is 19.9 Å². The number of hydrogen-bond donors (Lipinski definition) is 1. The average molecular weight is 385 g/mol. The molecule has 0 fully saturated rings. The number of amides is 1. The van der Waals surface area contributed by atoms with Crippen molar-refractivity contribution in [1.82, 2.24) is 5.32 Å². The molecule has 6 nitrogen and oxygen atoms in total. The van der Waals surface area contributed by atoms with Gasteiger partial charge in [-0.2, -0.15) is 0 Å². The number of nitrogens with one attached hydrogen (secondary N) is 1. The molecule has 1 amide bonds. The van der Waals surface area contributed by atoms with Gasteiger partial charge < -0.3 is 24.3 Å². The van der Waals surface area contributed by atoms with Crippen molar-refractivity contribution in [2.75, 3.05) is 28.4 Å². The van der Waals surface area contributed by atoms with Gasteiger partial charge in [0.15, 0.2) is 11.5 Å². The highest BCUT2D eigenvalue weighted by Gasteiger charge is 2.14. The third kappa shape index (κ3) is 4.97. The van der Waals surface area contributed by atoms with Crippen molar-refractivity contribution in [3.05, 3.63) is 53.1 Å². The Morgan fingerprint density at radius 3 is 2.11 bits per heavy atom. The van der Waals surface area contributed by atoms with Gasteiger partial charge in [-0.3, -0.25) is 4.79 Å². The van der Waals surface area contributed by atoms with Gasteiger partial charge >= 0.3 is 0 Å². The summed E-state index contributed by atoms with van der Waals surface area (Å²) >= 11 is 0. The van der Waals surface area contributed by atoms with Crippen LogP contribution in [0.25, 0.3) is 6.08 Å². The second-order valence-electron chi connectivity index (χ2n) is 6.26. The standard InChI is InChI=1S/C22H27NO5/c1-14-7-9-18(25-3)17(11-14)15(2)23-22(24)10-8-16-12-20(27-5)21(28-6)13-19(16)26-4/h7-13,15H,1-6H3,(H,23,24)/b10-8+/t15-/m1/s1. The summed E-state index contributed by atoms with van der Waals surface area (Å²) in [4.78, 5) is 12.4. The van der Waals surface area contributed by atoms with Gasteiger partial charge in [0.2, 0.25) is 5.91 Å². The first-order chi connectivity index (χ1) is 13.4. The summed E-state index contributed by atoms with van der Waals surface area (Å²) in [6.07, 6.45) is 3.14. The third-order valence-electron chi connectivity index (χ3n) is 4.36. The van der Waals surface area contributed by atoms with Crippen LogP contribution in [0.15, 0.2) is 36.4 Å². The monoisotopic (exact) mass is 385 g/mol. The van der Waals surface area contributed by atoms with Crippen LogP contribution in [0.2, 0.25) is 0 Å². The van der Waals surface area contributed by atoms with E-state index >= 15 is 0 Å². The Kier molecular flexibility index (Phi) is 7.32. The van der Waals surface area contributed by atoms with E-state index in [1.54, 1.807) is 46.6 Å². The summed E-state index contributed by atoms with van der Waals surface area (Å²) in [5.74, 6) is 2.20. The third-order valence-corrected chi connectivity index (χ3v) is 4.36. The number of methoxy groups -OCH3 is 4. The molecule has 1 atom stereocenters. The fourth-order valence-corrected chi connectivity index (χ4v) is 2.88. The zero-order chi connectivity index (χ0) is 20.7. The fraction of sp³-hybridized carbons (Fsp3) is 0.318. The van der Waals surface area contributed by atoms with Crippen molar-refractivity contribution in [3.8, 4) is 23.0 Å². The quantitative estimate of drug-likeness (QED) is 0.698. The van der Waals surface area contributed by atoms with Crippen LogP contribution >= 0.6 is 0 Å². The first-order valence-corrected chi connectivity index (χ1v) is 8.86. The van der Waals surface area contributed by atoms with E-state index in [9.17, 15) is 4.79 Å². The first kappa shape index (κ1) is 21.2. The Labute approximate surface area is 166 Å². The van der Waals surface area contributed by atoms with Crippen LogP contribution < -0.4 is 24.3 Å². The smallest absolute Gasteiger partial charge is 0.244 e. The molecule has 1 N–H and O–H groups in total. The minimum atomic E-state index is -0.229. The first-order valence-electron chi connectivity index (χ1n) is 8.86. The molecule has 28 heavy (non-hydrogen) atoms. The molecule has 0 aromatic heterocycles. The van der Waals surface area contributed by atoms with Gasteiger partial charge in [0.25, 0.3) is 0 Å². The van der Waals surface area contributed by atoms with E-state index in [0.717, 1.165) is 16.9 Å². The fourth-order valence-electron chi connectivity index (χ4n) is 2.88. The molecule has 6 heteroatoms. The van der Waals surface area contributed by atoms with Crippen LogP contribution in [-0.2, 0) is 4.79 Å². The van der Waals surface area contributed by atoms with Crippen molar-refractivity contribution in [3.63, 3.8) is 0 Å². The lowest BCUT2D eigenvalue weighted by Gasteiger charge is -2.17. The molecule has 150 valence electrons. The highest BCUT2D eigenvalue weighted by Crippen LogP contribution is 2.35. The van der Waals surface area contributed by atoms with E-state index in [2.05, 4.69) is 5.32 Å². The summed E-state index contributed by atoms with van der Waals surface area (Å²) in [7, 11) is 6.29. The molecule has 0 unspecified atom stereocenters.